The molecule has 18 heavy (non-hydrogen) atoms. The van der Waals surface area contributed by atoms with Gasteiger partial charge in [-0.25, -0.2) is 0 Å². The number of hydrogen-bond acceptors (Lipinski definition) is 5. The highest BCUT2D eigenvalue weighted by Gasteiger charge is 2.02. The van der Waals surface area contributed by atoms with E-state index in [1.54, 1.807) is 32.4 Å². The van der Waals surface area contributed by atoms with Crippen molar-refractivity contribution in [2.24, 2.45) is 0 Å². The summed E-state index contributed by atoms with van der Waals surface area (Å²) in [5.74, 6) is 0.498. The van der Waals surface area contributed by atoms with Crippen LogP contribution in [0.15, 0.2) is 24.3 Å². The summed E-state index contributed by atoms with van der Waals surface area (Å²) < 4.78 is 9.85. The number of nitrogens with one attached hydrogen (secondary N) is 2. The zero-order valence-electron chi connectivity index (χ0n) is 10.6. The molecule has 6 heteroatoms. The average molecular weight is 254 g/mol. The van der Waals surface area contributed by atoms with Crippen LogP contribution >= 0.6 is 0 Å². The fourth-order valence-electron chi connectivity index (χ4n) is 1.22. The van der Waals surface area contributed by atoms with Crippen molar-refractivity contribution in [2.75, 3.05) is 39.3 Å². The lowest BCUT2D eigenvalue weighted by atomic mass is 10.3. The number of amides is 1. The van der Waals surface area contributed by atoms with Crippen LogP contribution in [0.5, 0.6) is 5.75 Å². The third-order valence-electron chi connectivity index (χ3n) is 2.08. The summed E-state index contributed by atoms with van der Waals surface area (Å²) >= 11 is 0. The fourth-order valence-corrected chi connectivity index (χ4v) is 1.22. The second-order valence-electron chi connectivity index (χ2n) is 3.44. The molecule has 0 spiro atoms. The average Bonchev–Trinajstić information content (AvgIpc) is 2.38. The van der Waals surface area contributed by atoms with E-state index in [4.69, 9.17) is 14.3 Å². The molecule has 0 aliphatic carbocycles. The van der Waals surface area contributed by atoms with Crippen LogP contribution in [0, 0.1) is 0 Å². The highest BCUT2D eigenvalue weighted by atomic mass is 16.7. The number of benzene rings is 1. The number of carbonyl (C=O) groups is 1. The summed E-state index contributed by atoms with van der Waals surface area (Å²) in [4.78, 5) is 16.5. The lowest BCUT2D eigenvalue weighted by Gasteiger charge is -2.08. The molecule has 1 aromatic rings. The van der Waals surface area contributed by atoms with Crippen LogP contribution in [0.3, 0.4) is 0 Å². The van der Waals surface area contributed by atoms with Crippen molar-refractivity contribution in [3.8, 4) is 5.75 Å². The van der Waals surface area contributed by atoms with Gasteiger partial charge in [-0.3, -0.25) is 9.63 Å². The summed E-state index contributed by atoms with van der Waals surface area (Å²) in [6.07, 6.45) is 0. The first kappa shape index (κ1) is 14.4. The quantitative estimate of drug-likeness (QED) is 0.530. The van der Waals surface area contributed by atoms with Gasteiger partial charge < -0.3 is 14.8 Å². The Morgan fingerprint density at radius 1 is 1.28 bits per heavy atom. The molecular weight excluding hydrogens is 236 g/mol. The van der Waals surface area contributed by atoms with E-state index in [9.17, 15) is 4.79 Å². The first-order valence-electron chi connectivity index (χ1n) is 5.53. The Morgan fingerprint density at radius 3 is 2.83 bits per heavy atom. The summed E-state index contributed by atoms with van der Waals surface area (Å²) in [5, 5.41) is 2.71. The molecule has 1 rings (SSSR count). The number of anilines is 1. The zero-order chi connectivity index (χ0) is 13.2. The molecule has 0 saturated heterocycles. The molecule has 0 bridgehead atoms. The normalized spacial score (nSPS) is 10.1. The van der Waals surface area contributed by atoms with Crippen molar-refractivity contribution >= 4 is 11.6 Å². The van der Waals surface area contributed by atoms with Gasteiger partial charge in [0.25, 0.3) is 0 Å². The van der Waals surface area contributed by atoms with Gasteiger partial charge in [0.1, 0.15) is 12.3 Å². The molecule has 100 valence electrons. The second-order valence-corrected chi connectivity index (χ2v) is 3.44. The predicted molar refractivity (Wildman–Crippen MR) is 67.5 cm³/mol. The number of rotatable bonds is 8. The number of ether oxygens (including phenoxy) is 2. The largest absolute Gasteiger partial charge is 0.497 e. The summed E-state index contributed by atoms with van der Waals surface area (Å²) in [6, 6.07) is 7.13. The highest BCUT2D eigenvalue weighted by Crippen LogP contribution is 2.16. The minimum atomic E-state index is -0.194. The molecule has 6 nitrogen and oxygen atoms in total. The van der Waals surface area contributed by atoms with Crippen molar-refractivity contribution in [3.63, 3.8) is 0 Å². The molecule has 0 atom stereocenters. The van der Waals surface area contributed by atoms with Crippen molar-refractivity contribution in [1.82, 2.24) is 5.48 Å². The molecule has 1 amide bonds. The molecule has 0 aliphatic heterocycles. The van der Waals surface area contributed by atoms with Crippen molar-refractivity contribution in [1.29, 1.82) is 0 Å². The summed E-state index contributed by atoms with van der Waals surface area (Å²) in [5.41, 5.74) is 3.22. The number of hydrogen-bond donors (Lipinski definition) is 2. The Balaban J connectivity index is 2.26. The smallest absolute Gasteiger partial charge is 0.240 e. The predicted octanol–water partition coefficient (Wildman–Crippen LogP) is 0.801. The van der Waals surface area contributed by atoms with E-state index >= 15 is 0 Å². The molecule has 1 aromatic carbocycles. The molecule has 0 unspecified atom stereocenters. The topological polar surface area (TPSA) is 68.8 Å². The third-order valence-corrected chi connectivity index (χ3v) is 2.08. The van der Waals surface area contributed by atoms with Gasteiger partial charge >= 0.3 is 0 Å². The van der Waals surface area contributed by atoms with Crippen LogP contribution < -0.4 is 15.5 Å². The van der Waals surface area contributed by atoms with Crippen LogP contribution in [0.4, 0.5) is 5.69 Å². The Morgan fingerprint density at radius 2 is 2.11 bits per heavy atom. The SMILES string of the molecule is COCCONCC(=O)Nc1cccc(OC)c1. The van der Waals surface area contributed by atoms with Crippen LogP contribution in [0.25, 0.3) is 0 Å². The molecule has 0 aromatic heterocycles. The van der Waals surface area contributed by atoms with Gasteiger partial charge in [-0.05, 0) is 12.1 Å². The van der Waals surface area contributed by atoms with Crippen molar-refractivity contribution in [3.05, 3.63) is 24.3 Å². The van der Waals surface area contributed by atoms with Gasteiger partial charge in [0, 0.05) is 18.9 Å². The van der Waals surface area contributed by atoms with E-state index < -0.39 is 0 Å². The standard InChI is InChI=1S/C12H18N2O4/c1-16-6-7-18-13-9-12(15)14-10-4-3-5-11(8-10)17-2/h3-5,8,13H,6-7,9H2,1-2H3,(H,14,15). The number of hydroxylamine groups is 1. The molecule has 0 fully saturated rings. The van der Waals surface area contributed by atoms with Crippen LogP contribution in [0.1, 0.15) is 0 Å². The van der Waals surface area contributed by atoms with Gasteiger partial charge in [-0.1, -0.05) is 6.07 Å². The maximum absolute atomic E-state index is 11.5. The van der Waals surface area contributed by atoms with Gasteiger partial charge in [0.15, 0.2) is 0 Å². The first-order valence-corrected chi connectivity index (χ1v) is 5.53. The molecule has 0 heterocycles. The minimum absolute atomic E-state index is 0.0704. The molecule has 0 saturated carbocycles. The fraction of sp³-hybridized carbons (Fsp3) is 0.417. The summed E-state index contributed by atoms with van der Waals surface area (Å²) in [7, 11) is 3.16. The Labute approximate surface area is 106 Å². The maximum Gasteiger partial charge on any atom is 0.240 e. The maximum atomic E-state index is 11.5. The van der Waals surface area contributed by atoms with E-state index in [2.05, 4.69) is 10.8 Å². The van der Waals surface area contributed by atoms with Gasteiger partial charge in [0.2, 0.25) is 5.91 Å². The summed E-state index contributed by atoms with van der Waals surface area (Å²) in [6.45, 7) is 0.939. The van der Waals surface area contributed by atoms with Gasteiger partial charge in [-0.15, -0.1) is 0 Å². The van der Waals surface area contributed by atoms with Crippen LogP contribution in [-0.4, -0.2) is 39.9 Å². The van der Waals surface area contributed by atoms with E-state index in [0.717, 1.165) is 0 Å². The van der Waals surface area contributed by atoms with Gasteiger partial charge in [-0.2, -0.15) is 5.48 Å². The van der Waals surface area contributed by atoms with E-state index in [0.29, 0.717) is 24.7 Å². The molecule has 2 N–H and O–H groups in total. The lowest BCUT2D eigenvalue weighted by Crippen LogP contribution is -2.29. The van der Waals surface area contributed by atoms with Crippen LogP contribution in [-0.2, 0) is 14.4 Å². The first-order chi connectivity index (χ1) is 8.76. The highest BCUT2D eigenvalue weighted by molar-refractivity contribution is 5.92. The lowest BCUT2D eigenvalue weighted by molar-refractivity contribution is -0.118. The molecular formula is C12H18N2O4. The third kappa shape index (κ3) is 5.62. The van der Waals surface area contributed by atoms with Crippen LogP contribution in [0.2, 0.25) is 0 Å². The van der Waals surface area contributed by atoms with Crippen molar-refractivity contribution in [2.45, 2.75) is 0 Å². The molecule has 0 radical (unpaired) electrons. The number of carbonyl (C=O) groups excluding carboxylic acids is 1. The number of methoxy groups -OCH3 is 2. The Bertz CT molecular complexity index is 371. The Kier molecular flexibility index (Phi) is 6.78. The van der Waals surface area contributed by atoms with Gasteiger partial charge in [0.05, 0.1) is 20.3 Å². The Hall–Kier alpha value is -1.63. The molecule has 0 aliphatic rings. The van der Waals surface area contributed by atoms with E-state index in [1.807, 2.05) is 6.07 Å². The minimum Gasteiger partial charge on any atom is -0.497 e. The zero-order valence-corrected chi connectivity index (χ0v) is 10.6. The van der Waals surface area contributed by atoms with Crippen molar-refractivity contribution < 1.29 is 19.1 Å². The second kappa shape index (κ2) is 8.46. The van der Waals surface area contributed by atoms with E-state index in [1.165, 1.54) is 0 Å². The monoisotopic (exact) mass is 254 g/mol. The van der Waals surface area contributed by atoms with E-state index in [-0.39, 0.29) is 12.5 Å².